The van der Waals surface area contributed by atoms with Gasteiger partial charge in [0.1, 0.15) is 23.6 Å². The summed E-state index contributed by atoms with van der Waals surface area (Å²) in [4.78, 5) is 26.0. The van der Waals surface area contributed by atoms with E-state index in [1.807, 2.05) is 28.8 Å². The van der Waals surface area contributed by atoms with E-state index in [-0.39, 0.29) is 12.1 Å². The second-order valence-electron chi connectivity index (χ2n) is 7.27. The molecule has 2 heterocycles. The van der Waals surface area contributed by atoms with Crippen molar-refractivity contribution in [1.82, 2.24) is 14.3 Å². The van der Waals surface area contributed by atoms with Gasteiger partial charge in [-0.3, -0.25) is 9.59 Å². The molecule has 0 bridgehead atoms. The highest BCUT2D eigenvalue weighted by atomic mass is 35.5. The number of hydrogen-bond acceptors (Lipinski definition) is 5. The van der Waals surface area contributed by atoms with Crippen LogP contribution in [-0.2, 0) is 17.9 Å². The Balaban J connectivity index is 1.69. The summed E-state index contributed by atoms with van der Waals surface area (Å²) < 4.78 is 13.6. The number of hydrogen-bond donors (Lipinski definition) is 1. The third kappa shape index (κ3) is 3.78. The van der Waals surface area contributed by atoms with Gasteiger partial charge in [-0.2, -0.15) is 5.10 Å². The molecule has 0 atom stereocenters. The van der Waals surface area contributed by atoms with Gasteiger partial charge in [0.05, 0.1) is 31.1 Å². The molecular formula is C23H23ClN4O4. The van der Waals surface area contributed by atoms with E-state index >= 15 is 0 Å². The average molecular weight is 455 g/mol. The van der Waals surface area contributed by atoms with Gasteiger partial charge < -0.3 is 19.4 Å². The van der Waals surface area contributed by atoms with Gasteiger partial charge in [0.2, 0.25) is 5.91 Å². The highest BCUT2D eigenvalue weighted by molar-refractivity contribution is 6.32. The van der Waals surface area contributed by atoms with Crippen LogP contribution >= 0.6 is 11.6 Å². The van der Waals surface area contributed by atoms with Crippen LogP contribution in [0.5, 0.6) is 11.5 Å². The van der Waals surface area contributed by atoms with Gasteiger partial charge in [0.15, 0.2) is 0 Å². The number of anilines is 1. The van der Waals surface area contributed by atoms with Crippen molar-refractivity contribution in [1.29, 1.82) is 0 Å². The number of para-hydroxylation sites is 1. The zero-order valence-corrected chi connectivity index (χ0v) is 18.8. The smallest absolute Gasteiger partial charge is 0.291 e. The highest BCUT2D eigenvalue weighted by Crippen LogP contribution is 2.35. The number of ether oxygens (including phenoxy) is 2. The second-order valence-corrected chi connectivity index (χ2v) is 7.68. The third-order valence-corrected chi connectivity index (χ3v) is 5.56. The monoisotopic (exact) mass is 454 g/mol. The van der Waals surface area contributed by atoms with Crippen molar-refractivity contribution in [3.05, 3.63) is 58.0 Å². The van der Waals surface area contributed by atoms with Crippen LogP contribution in [0, 0.1) is 0 Å². The first kappa shape index (κ1) is 21.7. The zero-order chi connectivity index (χ0) is 22.8. The molecule has 9 heteroatoms. The average Bonchev–Trinajstić information content (AvgIpc) is 3.10. The van der Waals surface area contributed by atoms with Gasteiger partial charge in [0, 0.05) is 28.9 Å². The SMILES string of the molecule is CCCn1c2ccccc2c2cnn(CC(=O)Nc3cc(Cl)c(OC)cc3OC)c(=O)c21. The number of amides is 1. The normalized spacial score (nSPS) is 11.1. The fourth-order valence-corrected chi connectivity index (χ4v) is 4.09. The van der Waals surface area contributed by atoms with Gasteiger partial charge >= 0.3 is 0 Å². The van der Waals surface area contributed by atoms with Crippen LogP contribution in [0.2, 0.25) is 5.02 Å². The summed E-state index contributed by atoms with van der Waals surface area (Å²) in [6, 6.07) is 11.0. The summed E-state index contributed by atoms with van der Waals surface area (Å²) in [5.41, 5.74) is 1.57. The van der Waals surface area contributed by atoms with Crippen molar-refractivity contribution in [2.45, 2.75) is 26.4 Å². The molecule has 0 fully saturated rings. The topological polar surface area (TPSA) is 87.4 Å². The molecule has 2 aromatic heterocycles. The summed E-state index contributed by atoms with van der Waals surface area (Å²) >= 11 is 6.18. The Kier molecular flexibility index (Phi) is 6.05. The van der Waals surface area contributed by atoms with Gasteiger partial charge in [-0.05, 0) is 18.6 Å². The van der Waals surface area contributed by atoms with Crippen molar-refractivity contribution < 1.29 is 14.3 Å². The molecule has 0 radical (unpaired) electrons. The zero-order valence-electron chi connectivity index (χ0n) is 18.0. The summed E-state index contributed by atoms with van der Waals surface area (Å²) in [7, 11) is 2.97. The summed E-state index contributed by atoms with van der Waals surface area (Å²) in [5, 5.41) is 9.05. The van der Waals surface area contributed by atoms with Crippen LogP contribution in [-0.4, -0.2) is 34.5 Å². The third-order valence-electron chi connectivity index (χ3n) is 5.26. The largest absolute Gasteiger partial charge is 0.495 e. The molecule has 2 aromatic carbocycles. The maximum atomic E-state index is 13.3. The van der Waals surface area contributed by atoms with E-state index in [9.17, 15) is 9.59 Å². The molecule has 0 aliphatic rings. The molecule has 0 saturated carbocycles. The van der Waals surface area contributed by atoms with Gasteiger partial charge in [-0.15, -0.1) is 0 Å². The Morgan fingerprint density at radius 1 is 1.12 bits per heavy atom. The standard InChI is InChI=1S/C23H23ClN4O4/c1-4-9-27-18-8-6-5-7-14(18)15-12-25-28(23(30)22(15)27)13-21(29)26-17-10-16(24)19(31-2)11-20(17)32-3/h5-8,10-12H,4,9,13H2,1-3H3,(H,26,29). The molecule has 0 aliphatic heterocycles. The van der Waals surface area contributed by atoms with E-state index in [4.69, 9.17) is 21.1 Å². The van der Waals surface area contributed by atoms with E-state index in [0.717, 1.165) is 22.7 Å². The number of nitrogens with zero attached hydrogens (tertiary/aromatic N) is 3. The Morgan fingerprint density at radius 3 is 2.59 bits per heavy atom. The molecule has 4 aromatic rings. The van der Waals surface area contributed by atoms with E-state index in [1.54, 1.807) is 12.3 Å². The molecule has 0 spiro atoms. The lowest BCUT2D eigenvalue weighted by Crippen LogP contribution is -2.30. The fourth-order valence-electron chi connectivity index (χ4n) is 3.85. The minimum Gasteiger partial charge on any atom is -0.495 e. The van der Waals surface area contributed by atoms with Crippen LogP contribution in [0.1, 0.15) is 13.3 Å². The van der Waals surface area contributed by atoms with Crippen LogP contribution < -0.4 is 20.3 Å². The van der Waals surface area contributed by atoms with Gasteiger partial charge in [0.25, 0.3) is 5.56 Å². The quantitative estimate of drug-likeness (QED) is 0.455. The number of halogens is 1. The van der Waals surface area contributed by atoms with Crippen molar-refractivity contribution in [2.24, 2.45) is 0 Å². The molecule has 1 amide bonds. The number of nitrogens with one attached hydrogen (secondary N) is 1. The molecule has 0 unspecified atom stereocenters. The highest BCUT2D eigenvalue weighted by Gasteiger charge is 2.18. The maximum absolute atomic E-state index is 13.3. The predicted molar refractivity (Wildman–Crippen MR) is 125 cm³/mol. The number of aryl methyl sites for hydroxylation is 1. The Bertz CT molecular complexity index is 1380. The number of aromatic nitrogens is 3. The molecule has 166 valence electrons. The molecule has 0 aliphatic carbocycles. The van der Waals surface area contributed by atoms with Gasteiger partial charge in [-0.25, -0.2) is 4.68 Å². The maximum Gasteiger partial charge on any atom is 0.291 e. The predicted octanol–water partition coefficient (Wildman–Crippen LogP) is 4.07. The number of methoxy groups -OCH3 is 2. The second kappa shape index (κ2) is 8.92. The van der Waals surface area contributed by atoms with Crippen molar-refractivity contribution in [3.63, 3.8) is 0 Å². The molecule has 32 heavy (non-hydrogen) atoms. The van der Waals surface area contributed by atoms with E-state index in [2.05, 4.69) is 17.3 Å². The first-order chi connectivity index (χ1) is 15.5. The molecular weight excluding hydrogens is 432 g/mol. The molecule has 1 N–H and O–H groups in total. The summed E-state index contributed by atoms with van der Waals surface area (Å²) in [5.74, 6) is 0.378. The molecule has 0 saturated heterocycles. The van der Waals surface area contributed by atoms with Crippen LogP contribution in [0.4, 0.5) is 5.69 Å². The summed E-state index contributed by atoms with van der Waals surface area (Å²) in [6.45, 7) is 2.49. The number of fused-ring (bicyclic) bond motifs is 3. The first-order valence-electron chi connectivity index (χ1n) is 10.2. The Labute approximate surface area is 189 Å². The number of carbonyl (C=O) groups excluding carboxylic acids is 1. The lowest BCUT2D eigenvalue weighted by atomic mass is 10.2. The van der Waals surface area contributed by atoms with Crippen LogP contribution in [0.15, 0.2) is 47.4 Å². The lowest BCUT2D eigenvalue weighted by molar-refractivity contribution is -0.117. The number of rotatable bonds is 7. The minimum absolute atomic E-state index is 0.255. The van der Waals surface area contributed by atoms with Crippen molar-refractivity contribution in [2.75, 3.05) is 19.5 Å². The molecule has 4 rings (SSSR count). The lowest BCUT2D eigenvalue weighted by Gasteiger charge is -2.13. The fraction of sp³-hybridized carbons (Fsp3) is 0.261. The summed E-state index contributed by atoms with van der Waals surface area (Å²) in [6.07, 6.45) is 2.51. The van der Waals surface area contributed by atoms with E-state index in [0.29, 0.717) is 34.3 Å². The Morgan fingerprint density at radius 2 is 1.88 bits per heavy atom. The van der Waals surface area contributed by atoms with Crippen molar-refractivity contribution >= 4 is 45.0 Å². The van der Waals surface area contributed by atoms with Crippen molar-refractivity contribution in [3.8, 4) is 11.5 Å². The van der Waals surface area contributed by atoms with E-state index < -0.39 is 5.91 Å². The van der Waals surface area contributed by atoms with Gasteiger partial charge in [-0.1, -0.05) is 36.7 Å². The Hall–Kier alpha value is -3.52. The number of carbonyl (C=O) groups is 1. The van der Waals surface area contributed by atoms with Crippen LogP contribution in [0.25, 0.3) is 21.8 Å². The van der Waals surface area contributed by atoms with Crippen LogP contribution in [0.3, 0.4) is 0 Å². The molecule has 8 nitrogen and oxygen atoms in total. The van der Waals surface area contributed by atoms with E-state index in [1.165, 1.54) is 25.0 Å². The first-order valence-corrected chi connectivity index (χ1v) is 10.5. The minimum atomic E-state index is -0.434. The number of benzene rings is 2.